The summed E-state index contributed by atoms with van der Waals surface area (Å²) in [6.07, 6.45) is 1.44. The summed E-state index contributed by atoms with van der Waals surface area (Å²) in [5.41, 5.74) is 3.31. The van der Waals surface area contributed by atoms with Crippen molar-refractivity contribution >= 4 is 17.3 Å². The molecule has 0 aromatic heterocycles. The van der Waals surface area contributed by atoms with Crippen LogP contribution in [0, 0.1) is 6.07 Å². The maximum Gasteiger partial charge on any atom is 0.226 e. The maximum absolute atomic E-state index is 12.3. The highest BCUT2D eigenvalue weighted by Crippen LogP contribution is 2.39. The Balaban J connectivity index is 1.95. The second kappa shape index (κ2) is 6.22. The molecule has 1 aliphatic heterocycles. The molecule has 1 N–H and O–H groups in total. The van der Waals surface area contributed by atoms with E-state index in [-0.39, 0.29) is 18.0 Å². The first kappa shape index (κ1) is 14.6. The number of fused-ring (bicyclic) bond motifs is 1. The molecule has 0 fully saturated rings. The van der Waals surface area contributed by atoms with Crippen LogP contribution in [-0.2, 0) is 4.79 Å². The summed E-state index contributed by atoms with van der Waals surface area (Å²) in [6.45, 7) is 4.04. The minimum absolute atomic E-state index is 0.188. The van der Waals surface area contributed by atoms with E-state index in [4.69, 9.17) is 0 Å². The van der Waals surface area contributed by atoms with Crippen molar-refractivity contribution in [2.75, 3.05) is 10.2 Å². The second-order valence-electron chi connectivity index (χ2n) is 5.75. The van der Waals surface area contributed by atoms with Crippen LogP contribution >= 0.6 is 0 Å². The summed E-state index contributed by atoms with van der Waals surface area (Å²) in [5.74, 6) is 0.188. The van der Waals surface area contributed by atoms with E-state index >= 15 is 0 Å². The molecule has 3 nitrogen and oxygen atoms in total. The third-order valence-corrected chi connectivity index (χ3v) is 4.22. The predicted molar refractivity (Wildman–Crippen MR) is 89.9 cm³/mol. The standard InChI is InChI=1S/C19H21N2O/c1-3-19(22)21-14(2)13-17(16-11-7-8-12-18(16)21)20-15-9-5-4-6-10-15/h5-12,14,17,20H,3,13H2,1-2H3/t14-,17+/m0/s1. The molecular formula is C19H21N2O. The van der Waals surface area contributed by atoms with Gasteiger partial charge in [-0.3, -0.25) is 4.79 Å². The lowest BCUT2D eigenvalue weighted by molar-refractivity contribution is -0.118. The molecule has 1 radical (unpaired) electrons. The van der Waals surface area contributed by atoms with Crippen LogP contribution in [0.4, 0.5) is 11.4 Å². The molecule has 3 heteroatoms. The number of para-hydroxylation sites is 1. The van der Waals surface area contributed by atoms with E-state index < -0.39 is 0 Å². The molecule has 0 bridgehead atoms. The maximum atomic E-state index is 12.3. The van der Waals surface area contributed by atoms with Gasteiger partial charge in [0.2, 0.25) is 5.91 Å². The largest absolute Gasteiger partial charge is 0.378 e. The van der Waals surface area contributed by atoms with Crippen molar-refractivity contribution in [3.05, 3.63) is 60.2 Å². The molecule has 1 heterocycles. The number of hydrogen-bond donors (Lipinski definition) is 1. The Bertz CT molecular complexity index is 653. The van der Waals surface area contributed by atoms with Crippen molar-refractivity contribution in [1.82, 2.24) is 0 Å². The molecule has 0 unspecified atom stereocenters. The number of amides is 1. The first-order chi connectivity index (χ1) is 10.7. The van der Waals surface area contributed by atoms with Crippen molar-refractivity contribution in [3.63, 3.8) is 0 Å². The molecular weight excluding hydrogens is 272 g/mol. The van der Waals surface area contributed by atoms with Gasteiger partial charge in [0.1, 0.15) is 0 Å². The van der Waals surface area contributed by atoms with Gasteiger partial charge in [0.25, 0.3) is 0 Å². The van der Waals surface area contributed by atoms with Crippen LogP contribution in [0.5, 0.6) is 0 Å². The summed E-state index contributed by atoms with van der Waals surface area (Å²) in [6, 6.07) is 19.5. The normalized spacial score (nSPS) is 20.4. The molecule has 0 spiro atoms. The van der Waals surface area contributed by atoms with Gasteiger partial charge in [0, 0.05) is 23.8 Å². The summed E-state index contributed by atoms with van der Waals surface area (Å²) in [5, 5.41) is 3.59. The average Bonchev–Trinajstić information content (AvgIpc) is 2.55. The van der Waals surface area contributed by atoms with E-state index in [1.807, 2.05) is 54.3 Å². The number of carbonyl (C=O) groups is 1. The molecule has 3 rings (SSSR count). The second-order valence-corrected chi connectivity index (χ2v) is 5.75. The van der Waals surface area contributed by atoms with E-state index in [2.05, 4.69) is 24.4 Å². The smallest absolute Gasteiger partial charge is 0.226 e. The van der Waals surface area contributed by atoms with E-state index in [1.165, 1.54) is 5.56 Å². The molecule has 0 saturated heterocycles. The quantitative estimate of drug-likeness (QED) is 0.921. The molecule has 2 aromatic rings. The van der Waals surface area contributed by atoms with Crippen molar-refractivity contribution in [2.24, 2.45) is 0 Å². The fourth-order valence-corrected chi connectivity index (χ4v) is 3.18. The highest BCUT2D eigenvalue weighted by molar-refractivity contribution is 5.95. The average molecular weight is 293 g/mol. The number of nitrogens with zero attached hydrogens (tertiary/aromatic N) is 1. The lowest BCUT2D eigenvalue weighted by Crippen LogP contribution is -2.44. The van der Waals surface area contributed by atoms with E-state index in [1.54, 1.807) is 0 Å². The fraction of sp³-hybridized carbons (Fsp3) is 0.316. The Morgan fingerprint density at radius 2 is 2.00 bits per heavy atom. The van der Waals surface area contributed by atoms with Gasteiger partial charge in [0.05, 0.1) is 6.04 Å². The molecule has 2 atom stereocenters. The molecule has 0 aliphatic carbocycles. The van der Waals surface area contributed by atoms with Crippen LogP contribution < -0.4 is 10.2 Å². The van der Waals surface area contributed by atoms with E-state index in [0.717, 1.165) is 17.8 Å². The number of benzene rings is 2. The first-order valence-corrected chi connectivity index (χ1v) is 7.84. The van der Waals surface area contributed by atoms with Gasteiger partial charge in [-0.05, 0) is 43.2 Å². The zero-order chi connectivity index (χ0) is 15.5. The zero-order valence-electron chi connectivity index (χ0n) is 13.0. The van der Waals surface area contributed by atoms with Gasteiger partial charge in [-0.25, -0.2) is 0 Å². The van der Waals surface area contributed by atoms with Crippen molar-refractivity contribution < 1.29 is 4.79 Å². The number of hydrogen-bond acceptors (Lipinski definition) is 2. The van der Waals surface area contributed by atoms with E-state index in [0.29, 0.717) is 6.42 Å². The van der Waals surface area contributed by atoms with Gasteiger partial charge < -0.3 is 10.2 Å². The molecule has 22 heavy (non-hydrogen) atoms. The third-order valence-electron chi connectivity index (χ3n) is 4.22. The summed E-state index contributed by atoms with van der Waals surface area (Å²) >= 11 is 0. The topological polar surface area (TPSA) is 32.3 Å². The molecule has 1 amide bonds. The van der Waals surface area contributed by atoms with Crippen molar-refractivity contribution in [2.45, 2.75) is 38.8 Å². The monoisotopic (exact) mass is 293 g/mol. The van der Waals surface area contributed by atoms with Crippen molar-refractivity contribution in [1.29, 1.82) is 0 Å². The molecule has 2 aromatic carbocycles. The van der Waals surface area contributed by atoms with Crippen LogP contribution in [0.15, 0.2) is 48.5 Å². The Labute approximate surface area is 132 Å². The van der Waals surface area contributed by atoms with Crippen LogP contribution in [0.3, 0.4) is 0 Å². The van der Waals surface area contributed by atoms with E-state index in [9.17, 15) is 4.79 Å². The minimum atomic E-state index is 0.188. The first-order valence-electron chi connectivity index (χ1n) is 7.84. The Hall–Kier alpha value is -2.29. The van der Waals surface area contributed by atoms with Crippen LogP contribution in [0.2, 0.25) is 0 Å². The SMILES string of the molecule is CCC(=O)N1c2ccccc2[C@H](Nc2cc[c]cc2)C[C@@H]1C. The zero-order valence-corrected chi connectivity index (χ0v) is 13.0. The van der Waals surface area contributed by atoms with Crippen LogP contribution in [0.25, 0.3) is 0 Å². The molecule has 0 saturated carbocycles. The number of anilines is 2. The van der Waals surface area contributed by atoms with Gasteiger partial charge in [0.15, 0.2) is 0 Å². The summed E-state index contributed by atoms with van der Waals surface area (Å²) in [4.78, 5) is 14.3. The summed E-state index contributed by atoms with van der Waals surface area (Å²) < 4.78 is 0. The summed E-state index contributed by atoms with van der Waals surface area (Å²) in [7, 11) is 0. The predicted octanol–water partition coefficient (Wildman–Crippen LogP) is 4.18. The van der Waals surface area contributed by atoms with Gasteiger partial charge in [-0.15, -0.1) is 0 Å². The minimum Gasteiger partial charge on any atom is -0.378 e. The molecule has 113 valence electrons. The fourth-order valence-electron chi connectivity index (χ4n) is 3.18. The highest BCUT2D eigenvalue weighted by Gasteiger charge is 2.32. The van der Waals surface area contributed by atoms with Gasteiger partial charge in [-0.1, -0.05) is 37.3 Å². The van der Waals surface area contributed by atoms with Gasteiger partial charge >= 0.3 is 0 Å². The number of nitrogens with one attached hydrogen (secondary N) is 1. The number of rotatable bonds is 3. The lowest BCUT2D eigenvalue weighted by Gasteiger charge is -2.40. The highest BCUT2D eigenvalue weighted by atomic mass is 16.2. The van der Waals surface area contributed by atoms with Crippen LogP contribution in [0.1, 0.15) is 38.3 Å². The third kappa shape index (κ3) is 2.71. The number of carbonyl (C=O) groups excluding carboxylic acids is 1. The van der Waals surface area contributed by atoms with Gasteiger partial charge in [-0.2, -0.15) is 0 Å². The Morgan fingerprint density at radius 3 is 2.73 bits per heavy atom. The molecule has 1 aliphatic rings. The Morgan fingerprint density at radius 1 is 1.27 bits per heavy atom. The Kier molecular flexibility index (Phi) is 4.14. The lowest BCUT2D eigenvalue weighted by atomic mass is 9.91. The van der Waals surface area contributed by atoms with Crippen molar-refractivity contribution in [3.8, 4) is 0 Å². The van der Waals surface area contributed by atoms with Crippen LogP contribution in [-0.4, -0.2) is 11.9 Å².